The lowest BCUT2D eigenvalue weighted by molar-refractivity contribution is -0.153. The minimum Gasteiger partial charge on any atom is -0.459 e. The number of carbonyl (C=O) groups is 2. The third-order valence-corrected chi connectivity index (χ3v) is 6.63. The molecule has 1 N–H and O–H groups in total. The average Bonchev–Trinajstić information content (AvgIpc) is 3.29. The zero-order valence-electron chi connectivity index (χ0n) is 21.2. The van der Waals surface area contributed by atoms with E-state index in [1.807, 2.05) is 24.3 Å². The summed E-state index contributed by atoms with van der Waals surface area (Å²) >= 11 is 0. The second-order valence-electron chi connectivity index (χ2n) is 10.6. The molecule has 0 aromatic heterocycles. The van der Waals surface area contributed by atoms with Crippen LogP contribution in [0.1, 0.15) is 62.4 Å². The Labute approximate surface area is 208 Å². The number of benzene rings is 3. The van der Waals surface area contributed by atoms with Gasteiger partial charge in [0.05, 0.1) is 0 Å². The van der Waals surface area contributed by atoms with Crippen LogP contribution in [0, 0.1) is 5.92 Å². The highest BCUT2D eigenvalue weighted by molar-refractivity contribution is 5.96. The van der Waals surface area contributed by atoms with E-state index in [9.17, 15) is 9.59 Å². The van der Waals surface area contributed by atoms with Gasteiger partial charge in [0.1, 0.15) is 12.1 Å². The summed E-state index contributed by atoms with van der Waals surface area (Å²) in [5, 5.41) is 5.30. The van der Waals surface area contributed by atoms with Gasteiger partial charge >= 0.3 is 5.97 Å². The van der Waals surface area contributed by atoms with Gasteiger partial charge in [0.25, 0.3) is 5.91 Å². The second kappa shape index (κ2) is 10.5. The smallest absolute Gasteiger partial charge is 0.325 e. The van der Waals surface area contributed by atoms with Crippen LogP contribution in [0.25, 0.3) is 10.8 Å². The number of nitrogens with zero attached hydrogens (tertiary/aromatic N) is 1. The largest absolute Gasteiger partial charge is 0.459 e. The lowest BCUT2D eigenvalue weighted by atomic mass is 9.87. The zero-order valence-corrected chi connectivity index (χ0v) is 21.2. The van der Waals surface area contributed by atoms with Gasteiger partial charge in [0.2, 0.25) is 0 Å². The van der Waals surface area contributed by atoms with Crippen molar-refractivity contribution in [1.82, 2.24) is 5.32 Å². The molecule has 0 radical (unpaired) electrons. The highest BCUT2D eigenvalue weighted by Gasteiger charge is 2.25. The summed E-state index contributed by atoms with van der Waals surface area (Å²) in [5.74, 6) is 0.428. The average molecular weight is 473 g/mol. The van der Waals surface area contributed by atoms with Crippen LogP contribution in [0.2, 0.25) is 0 Å². The Morgan fingerprint density at radius 1 is 1.03 bits per heavy atom. The number of amides is 1. The van der Waals surface area contributed by atoms with Crippen molar-refractivity contribution in [1.29, 1.82) is 0 Å². The third kappa shape index (κ3) is 6.41. The molecule has 3 aromatic carbocycles. The quantitative estimate of drug-likeness (QED) is 0.433. The van der Waals surface area contributed by atoms with Gasteiger partial charge in [-0.1, -0.05) is 49.4 Å². The SMILES string of the molecule is C[C@@H](C[C@H]1CCN(c2ccc(C(=O)NCC(=O)OC(C)(C)C)cc2)C1)c1cccc2ccccc12. The van der Waals surface area contributed by atoms with E-state index in [4.69, 9.17) is 4.74 Å². The molecular weight excluding hydrogens is 436 g/mol. The van der Waals surface area contributed by atoms with Gasteiger partial charge in [-0.05, 0) is 86.1 Å². The van der Waals surface area contributed by atoms with Crippen LogP contribution in [0.15, 0.2) is 66.7 Å². The van der Waals surface area contributed by atoms with Gasteiger partial charge in [0, 0.05) is 24.3 Å². The number of nitrogens with one attached hydrogen (secondary N) is 1. The number of rotatable bonds is 7. The van der Waals surface area contributed by atoms with Crippen LogP contribution < -0.4 is 10.2 Å². The van der Waals surface area contributed by atoms with E-state index in [0.717, 1.165) is 25.2 Å². The molecule has 1 fully saturated rings. The summed E-state index contributed by atoms with van der Waals surface area (Å²) in [5.41, 5.74) is 2.54. The molecule has 0 unspecified atom stereocenters. The number of hydrogen-bond acceptors (Lipinski definition) is 4. The molecule has 0 bridgehead atoms. The van der Waals surface area contributed by atoms with Crippen LogP contribution in [0.4, 0.5) is 5.69 Å². The molecule has 5 nitrogen and oxygen atoms in total. The van der Waals surface area contributed by atoms with E-state index < -0.39 is 11.6 Å². The first kappa shape index (κ1) is 24.8. The second-order valence-corrected chi connectivity index (χ2v) is 10.6. The Balaban J connectivity index is 1.31. The van der Waals surface area contributed by atoms with Crippen molar-refractivity contribution in [3.05, 3.63) is 77.9 Å². The molecule has 4 rings (SSSR count). The molecule has 35 heavy (non-hydrogen) atoms. The fourth-order valence-electron chi connectivity index (χ4n) is 5.02. The number of esters is 1. The fourth-order valence-corrected chi connectivity index (χ4v) is 5.02. The van der Waals surface area contributed by atoms with Crippen LogP contribution in [0.5, 0.6) is 0 Å². The van der Waals surface area contributed by atoms with E-state index in [2.05, 4.69) is 59.6 Å². The normalized spacial score (nSPS) is 16.8. The zero-order chi connectivity index (χ0) is 25.0. The highest BCUT2D eigenvalue weighted by Crippen LogP contribution is 2.34. The molecule has 1 aliphatic rings. The monoisotopic (exact) mass is 472 g/mol. The number of hydrogen-bond donors (Lipinski definition) is 1. The highest BCUT2D eigenvalue weighted by atomic mass is 16.6. The summed E-state index contributed by atoms with van der Waals surface area (Å²) in [4.78, 5) is 26.7. The maximum atomic E-state index is 12.4. The maximum Gasteiger partial charge on any atom is 0.325 e. The number of fused-ring (bicyclic) bond motifs is 1. The van der Waals surface area contributed by atoms with Crippen molar-refractivity contribution < 1.29 is 14.3 Å². The van der Waals surface area contributed by atoms with Crippen molar-refractivity contribution >= 4 is 28.3 Å². The Morgan fingerprint density at radius 2 is 1.74 bits per heavy atom. The molecule has 1 aliphatic heterocycles. The Kier molecular flexibility index (Phi) is 7.44. The van der Waals surface area contributed by atoms with Crippen molar-refractivity contribution in [2.24, 2.45) is 5.92 Å². The summed E-state index contributed by atoms with van der Waals surface area (Å²) in [6.45, 7) is 9.67. The van der Waals surface area contributed by atoms with E-state index in [0.29, 0.717) is 17.4 Å². The van der Waals surface area contributed by atoms with Gasteiger partial charge < -0.3 is 15.0 Å². The van der Waals surface area contributed by atoms with Crippen molar-refractivity contribution in [2.75, 3.05) is 24.5 Å². The van der Waals surface area contributed by atoms with E-state index in [-0.39, 0.29) is 12.5 Å². The molecular formula is C30H36N2O3. The Bertz CT molecular complexity index is 1170. The molecule has 2 atom stereocenters. The Hall–Kier alpha value is -3.34. The van der Waals surface area contributed by atoms with Crippen LogP contribution in [-0.2, 0) is 9.53 Å². The summed E-state index contributed by atoms with van der Waals surface area (Å²) < 4.78 is 5.24. The first-order chi connectivity index (χ1) is 16.7. The summed E-state index contributed by atoms with van der Waals surface area (Å²) in [6, 6.07) is 22.9. The molecule has 5 heteroatoms. The lowest BCUT2D eigenvalue weighted by Gasteiger charge is -2.21. The molecule has 3 aromatic rings. The minimum absolute atomic E-state index is 0.138. The van der Waals surface area contributed by atoms with Gasteiger partial charge in [-0.25, -0.2) is 0 Å². The van der Waals surface area contributed by atoms with Crippen LogP contribution >= 0.6 is 0 Å². The topological polar surface area (TPSA) is 58.6 Å². The molecule has 1 heterocycles. The van der Waals surface area contributed by atoms with E-state index in [1.165, 1.54) is 22.8 Å². The van der Waals surface area contributed by atoms with Crippen molar-refractivity contribution in [3.8, 4) is 0 Å². The van der Waals surface area contributed by atoms with E-state index in [1.54, 1.807) is 20.8 Å². The van der Waals surface area contributed by atoms with Gasteiger partial charge in [0.15, 0.2) is 0 Å². The fraction of sp³-hybridized carbons (Fsp3) is 0.400. The minimum atomic E-state index is -0.566. The summed E-state index contributed by atoms with van der Waals surface area (Å²) in [7, 11) is 0. The number of anilines is 1. The first-order valence-electron chi connectivity index (χ1n) is 12.5. The lowest BCUT2D eigenvalue weighted by Crippen LogP contribution is -2.34. The maximum absolute atomic E-state index is 12.4. The molecule has 184 valence electrons. The molecule has 0 aliphatic carbocycles. The third-order valence-electron chi connectivity index (χ3n) is 6.63. The number of carbonyl (C=O) groups excluding carboxylic acids is 2. The first-order valence-corrected chi connectivity index (χ1v) is 12.5. The molecule has 1 amide bonds. The van der Waals surface area contributed by atoms with Crippen LogP contribution in [0.3, 0.4) is 0 Å². The predicted molar refractivity (Wildman–Crippen MR) is 142 cm³/mol. The van der Waals surface area contributed by atoms with Gasteiger partial charge in [-0.15, -0.1) is 0 Å². The Morgan fingerprint density at radius 3 is 2.49 bits per heavy atom. The van der Waals surface area contributed by atoms with E-state index >= 15 is 0 Å². The number of ether oxygens (including phenoxy) is 1. The standard InChI is InChI=1S/C30H36N2O3/c1-21(26-11-7-9-23-8-5-6-10-27(23)26)18-22-16-17-32(20-22)25-14-12-24(13-15-25)29(34)31-19-28(33)35-30(2,3)4/h5-15,21-22H,16-20H2,1-4H3,(H,31,34)/t21-,22+/m0/s1. The predicted octanol–water partition coefficient (Wildman–Crippen LogP) is 5.93. The summed E-state index contributed by atoms with van der Waals surface area (Å²) in [6.07, 6.45) is 2.34. The van der Waals surface area contributed by atoms with Crippen molar-refractivity contribution in [3.63, 3.8) is 0 Å². The van der Waals surface area contributed by atoms with Gasteiger partial charge in [-0.2, -0.15) is 0 Å². The molecule has 0 saturated carbocycles. The molecule has 1 saturated heterocycles. The van der Waals surface area contributed by atoms with Crippen molar-refractivity contribution in [2.45, 2.75) is 52.1 Å². The molecule has 0 spiro atoms. The van der Waals surface area contributed by atoms with Crippen LogP contribution in [-0.4, -0.2) is 37.1 Å². The van der Waals surface area contributed by atoms with Gasteiger partial charge in [-0.3, -0.25) is 9.59 Å².